The van der Waals surface area contributed by atoms with Gasteiger partial charge in [-0.1, -0.05) is 0 Å². The van der Waals surface area contributed by atoms with Gasteiger partial charge in [-0.3, -0.25) is 67.8 Å². The number of nitrogens with one attached hydrogen (secondary N) is 4. The largest absolute Gasteiger partial charge is 0.460 e. The Morgan fingerprint density at radius 3 is 0.805 bits per heavy atom. The number of hydrogen-bond donors (Lipinski definition) is 4. The molecule has 0 aliphatic carbocycles. The minimum atomic E-state index is -1.02. The van der Waals surface area contributed by atoms with Crippen LogP contribution in [0.3, 0.4) is 0 Å². The topological polar surface area (TPSA) is 260 Å². The fraction of sp³-hybridized carbons (Fsp3) is 0.862. The van der Waals surface area contributed by atoms with Crippen molar-refractivity contribution in [3.8, 4) is 0 Å². The summed E-state index contributed by atoms with van der Waals surface area (Å²) >= 11 is 0. The second-order valence-electron chi connectivity index (χ2n) is 27.2. The molecule has 0 aromatic carbocycles. The lowest BCUT2D eigenvalue weighted by atomic mass is 10.1. The van der Waals surface area contributed by atoms with Crippen LogP contribution in [0, 0.1) is 0 Å². The summed E-state index contributed by atoms with van der Waals surface area (Å²) in [7, 11) is 0. The van der Waals surface area contributed by atoms with E-state index in [1.807, 2.05) is 70.9 Å². The van der Waals surface area contributed by atoms with Crippen molar-refractivity contribution in [1.82, 2.24) is 50.7 Å². The van der Waals surface area contributed by atoms with Crippen LogP contribution in [0.2, 0.25) is 0 Å². The minimum Gasteiger partial charge on any atom is -0.460 e. The Hall–Kier alpha value is -4.56. The Morgan fingerprint density at radius 1 is 0.329 bits per heavy atom. The zero-order chi connectivity index (χ0) is 62.3. The molecule has 24 nitrogen and oxygen atoms in total. The molecule has 0 saturated carbocycles. The van der Waals surface area contributed by atoms with E-state index in [0.29, 0.717) is 91.6 Å². The first-order valence-electron chi connectivity index (χ1n) is 29.3. The van der Waals surface area contributed by atoms with Crippen LogP contribution in [-0.4, -0.2) is 267 Å². The van der Waals surface area contributed by atoms with Crippen LogP contribution in [0.15, 0.2) is 0 Å². The van der Waals surface area contributed by atoms with Gasteiger partial charge in [0.1, 0.15) is 33.6 Å². The number of amides is 2. The van der Waals surface area contributed by atoms with Crippen molar-refractivity contribution < 1.29 is 66.8 Å². The molecule has 474 valence electrons. The molecule has 2 unspecified atom stereocenters. The van der Waals surface area contributed by atoms with E-state index in [4.69, 9.17) is 28.4 Å². The van der Waals surface area contributed by atoms with E-state index >= 15 is 0 Å². The number of hydrogen-bond acceptors (Lipinski definition) is 22. The van der Waals surface area contributed by atoms with Gasteiger partial charge in [0.05, 0.1) is 51.1 Å². The summed E-state index contributed by atoms with van der Waals surface area (Å²) < 4.78 is 34.1. The molecule has 0 spiro atoms. The molecular formula is C58H108N10O14. The summed E-state index contributed by atoms with van der Waals surface area (Å²) in [6, 6.07) is -2.05. The number of rotatable bonds is 19. The van der Waals surface area contributed by atoms with Crippen molar-refractivity contribution in [1.29, 1.82) is 0 Å². The summed E-state index contributed by atoms with van der Waals surface area (Å²) in [5.41, 5.74) is -4.45. The summed E-state index contributed by atoms with van der Waals surface area (Å²) in [5.74, 6) is -3.73. The van der Waals surface area contributed by atoms with Gasteiger partial charge < -0.3 is 49.7 Å². The smallest absolute Gasteiger partial charge is 0.320 e. The summed E-state index contributed by atoms with van der Waals surface area (Å²) in [5, 5.41) is 12.7. The average Bonchev–Trinajstić information content (AvgIpc) is 3.34. The second-order valence-corrected chi connectivity index (χ2v) is 27.2. The van der Waals surface area contributed by atoms with Crippen molar-refractivity contribution in [2.75, 3.05) is 144 Å². The van der Waals surface area contributed by atoms with Crippen LogP contribution in [0.4, 0.5) is 0 Å². The maximum Gasteiger partial charge on any atom is 0.320 e. The lowest BCUT2D eigenvalue weighted by Crippen LogP contribution is -2.55. The number of carbonyl (C=O) groups excluding carboxylic acids is 8. The molecule has 2 amide bonds. The van der Waals surface area contributed by atoms with Crippen LogP contribution in [0.1, 0.15) is 137 Å². The molecule has 2 aliphatic heterocycles. The zero-order valence-electron chi connectivity index (χ0n) is 53.5. The standard InChI is InChI=1S/C58H108N10O14/c1-53(2,3)77-45(69)37-43(67-27-23-59-21-25-63(39-47(71)79-55(7,8)9)29-31-65(33-35-67)41-49(73)81-57(13,14)15)51(75)61-19-20-62-52(76)44(38-46(70)78-54(4,5)6)68-28-24-60-22-26-64(40-48(72)80-56(10,11)12)30-32-66(34-36-68)42-50(74)82-58(16,17)18/h43-44,59-60H,19-42H2,1-18H3,(H,61,75)(H,62,76). The van der Waals surface area contributed by atoms with Gasteiger partial charge in [0.2, 0.25) is 11.8 Å². The predicted octanol–water partition coefficient (Wildman–Crippen LogP) is 1.80. The Labute approximate surface area is 490 Å². The van der Waals surface area contributed by atoms with Crippen molar-refractivity contribution in [2.24, 2.45) is 0 Å². The number of nitrogens with zero attached hydrogens (tertiary/aromatic N) is 6. The molecule has 0 radical (unpaired) electrons. The molecule has 2 fully saturated rings. The van der Waals surface area contributed by atoms with E-state index in [1.165, 1.54) is 0 Å². The zero-order valence-corrected chi connectivity index (χ0v) is 53.5. The van der Waals surface area contributed by atoms with Crippen LogP contribution in [0.5, 0.6) is 0 Å². The molecule has 2 rings (SSSR count). The highest BCUT2D eigenvalue weighted by atomic mass is 16.6. The van der Waals surface area contributed by atoms with Crippen LogP contribution >= 0.6 is 0 Å². The van der Waals surface area contributed by atoms with E-state index in [1.54, 1.807) is 83.1 Å². The summed E-state index contributed by atoms with van der Waals surface area (Å²) in [6.45, 7) is 38.2. The lowest BCUT2D eigenvalue weighted by Gasteiger charge is -2.35. The molecule has 0 aromatic heterocycles. The van der Waals surface area contributed by atoms with Gasteiger partial charge in [0.25, 0.3) is 0 Å². The second kappa shape index (κ2) is 33.8. The monoisotopic (exact) mass is 1170 g/mol. The normalized spacial score (nSPS) is 18.6. The Morgan fingerprint density at radius 2 is 0.549 bits per heavy atom. The van der Waals surface area contributed by atoms with Crippen molar-refractivity contribution in [2.45, 2.75) is 183 Å². The van der Waals surface area contributed by atoms with Gasteiger partial charge in [-0.05, 0) is 125 Å². The molecular weight excluding hydrogens is 1060 g/mol. The third kappa shape index (κ3) is 35.5. The maximum atomic E-state index is 14.5. The maximum absolute atomic E-state index is 14.5. The first-order chi connectivity index (χ1) is 37.6. The van der Waals surface area contributed by atoms with Gasteiger partial charge in [-0.15, -0.1) is 0 Å². The minimum absolute atomic E-state index is 0.0378. The van der Waals surface area contributed by atoms with Gasteiger partial charge in [-0.2, -0.15) is 0 Å². The van der Waals surface area contributed by atoms with Gasteiger partial charge in [-0.25, -0.2) is 0 Å². The van der Waals surface area contributed by atoms with Gasteiger partial charge >= 0.3 is 35.8 Å². The first-order valence-corrected chi connectivity index (χ1v) is 29.3. The highest BCUT2D eigenvalue weighted by Crippen LogP contribution is 2.17. The lowest BCUT2D eigenvalue weighted by molar-refractivity contribution is -0.159. The van der Waals surface area contributed by atoms with Crippen LogP contribution in [0.25, 0.3) is 0 Å². The molecule has 24 heteroatoms. The molecule has 0 bridgehead atoms. The van der Waals surface area contributed by atoms with Crippen LogP contribution < -0.4 is 21.3 Å². The SMILES string of the molecule is CC(C)(C)OC(=O)CC(C(=O)NCCNC(=O)C(CC(=O)OC(C)(C)C)N1CCNCCN(CC(=O)OC(C)(C)C)CCN(CC(=O)OC(C)(C)C)CC1)N1CCNCCN(CC(=O)OC(C)(C)C)CCN(CC(=O)OC(C)(C)C)CC1. The predicted molar refractivity (Wildman–Crippen MR) is 313 cm³/mol. The Balaban J connectivity index is 2.43. The summed E-state index contributed by atoms with van der Waals surface area (Å²) in [6.07, 6.45) is -0.586. The van der Waals surface area contributed by atoms with Crippen LogP contribution in [-0.2, 0) is 66.8 Å². The fourth-order valence-corrected chi connectivity index (χ4v) is 8.89. The molecule has 2 atom stereocenters. The fourth-order valence-electron chi connectivity index (χ4n) is 8.89. The molecule has 2 aliphatic rings. The quantitative estimate of drug-likeness (QED) is 0.0817. The van der Waals surface area contributed by atoms with E-state index < -0.39 is 81.4 Å². The van der Waals surface area contributed by atoms with E-state index in [2.05, 4.69) is 21.3 Å². The highest BCUT2D eigenvalue weighted by molar-refractivity contribution is 5.88. The molecule has 0 aromatic rings. The average molecular weight is 1170 g/mol. The first kappa shape index (κ1) is 73.5. The number of esters is 6. The van der Waals surface area contributed by atoms with E-state index in [0.717, 1.165) is 0 Å². The molecule has 82 heavy (non-hydrogen) atoms. The summed E-state index contributed by atoms with van der Waals surface area (Å²) in [4.78, 5) is 120. The number of carbonyl (C=O) groups is 8. The third-order valence-electron chi connectivity index (χ3n) is 12.1. The van der Waals surface area contributed by atoms with Crippen molar-refractivity contribution in [3.63, 3.8) is 0 Å². The van der Waals surface area contributed by atoms with E-state index in [9.17, 15) is 38.4 Å². The molecule has 4 N–H and O–H groups in total. The Kier molecular flexibility index (Phi) is 30.3. The third-order valence-corrected chi connectivity index (χ3v) is 12.1. The highest BCUT2D eigenvalue weighted by Gasteiger charge is 2.35. The van der Waals surface area contributed by atoms with Gasteiger partial charge in [0.15, 0.2) is 0 Å². The number of ether oxygens (including phenoxy) is 6. The Bertz CT molecular complexity index is 1890. The van der Waals surface area contributed by atoms with Crippen molar-refractivity contribution >= 4 is 47.6 Å². The van der Waals surface area contributed by atoms with Gasteiger partial charge in [0, 0.05) is 118 Å². The van der Waals surface area contributed by atoms with Crippen molar-refractivity contribution in [3.05, 3.63) is 0 Å². The molecule has 2 heterocycles. The van der Waals surface area contributed by atoms with E-state index in [-0.39, 0.29) is 77.1 Å². The molecule has 2 saturated heterocycles.